The second-order valence-corrected chi connectivity index (χ2v) is 4.40. The van der Waals surface area contributed by atoms with Gasteiger partial charge >= 0.3 is 6.18 Å². The SMILES string of the molecule is CCCOc1ccc(C(C)(O)C(F)(F)F)c(C)c1. The molecule has 1 aromatic carbocycles. The van der Waals surface area contributed by atoms with Crippen LogP contribution in [0, 0.1) is 6.92 Å². The summed E-state index contributed by atoms with van der Waals surface area (Å²) in [6, 6.07) is 4.21. The molecule has 102 valence electrons. The normalized spacial score (nSPS) is 15.3. The summed E-state index contributed by atoms with van der Waals surface area (Å²) < 4.78 is 43.5. The summed E-state index contributed by atoms with van der Waals surface area (Å²) in [6.45, 7) is 4.72. The molecule has 0 aliphatic rings. The minimum Gasteiger partial charge on any atom is -0.494 e. The van der Waals surface area contributed by atoms with Crippen molar-refractivity contribution in [3.63, 3.8) is 0 Å². The number of alkyl halides is 3. The molecule has 0 spiro atoms. The number of halogens is 3. The van der Waals surface area contributed by atoms with Gasteiger partial charge in [-0.2, -0.15) is 13.2 Å². The van der Waals surface area contributed by atoms with Crippen molar-refractivity contribution in [3.8, 4) is 5.75 Å². The van der Waals surface area contributed by atoms with Crippen molar-refractivity contribution >= 4 is 0 Å². The summed E-state index contributed by atoms with van der Waals surface area (Å²) in [6.07, 6.45) is -3.88. The van der Waals surface area contributed by atoms with E-state index < -0.39 is 11.8 Å². The third-order valence-corrected chi connectivity index (χ3v) is 2.75. The van der Waals surface area contributed by atoms with Gasteiger partial charge in [0.15, 0.2) is 5.60 Å². The molecule has 1 aromatic rings. The largest absolute Gasteiger partial charge is 0.494 e. The summed E-state index contributed by atoms with van der Waals surface area (Å²) >= 11 is 0. The van der Waals surface area contributed by atoms with Gasteiger partial charge in [0.2, 0.25) is 0 Å². The number of aryl methyl sites for hydroxylation is 1. The molecule has 0 aliphatic carbocycles. The Kier molecular flexibility index (Phi) is 4.27. The highest BCUT2D eigenvalue weighted by molar-refractivity contribution is 5.38. The Morgan fingerprint density at radius 2 is 1.89 bits per heavy atom. The monoisotopic (exact) mass is 262 g/mol. The van der Waals surface area contributed by atoms with E-state index in [9.17, 15) is 18.3 Å². The molecule has 0 aromatic heterocycles. The standard InChI is InChI=1S/C13H17F3O2/c1-4-7-18-10-5-6-11(9(2)8-10)12(3,17)13(14,15)16/h5-6,8,17H,4,7H2,1-3H3. The topological polar surface area (TPSA) is 29.5 Å². The Morgan fingerprint density at radius 3 is 2.33 bits per heavy atom. The lowest BCUT2D eigenvalue weighted by Gasteiger charge is -2.28. The molecular formula is C13H17F3O2. The first-order valence-corrected chi connectivity index (χ1v) is 5.73. The van der Waals surface area contributed by atoms with Gasteiger partial charge < -0.3 is 9.84 Å². The van der Waals surface area contributed by atoms with E-state index in [0.29, 0.717) is 17.9 Å². The highest BCUT2D eigenvalue weighted by atomic mass is 19.4. The lowest BCUT2D eigenvalue weighted by atomic mass is 9.91. The van der Waals surface area contributed by atoms with Crippen LogP contribution in [0.2, 0.25) is 0 Å². The van der Waals surface area contributed by atoms with Gasteiger partial charge in [0.25, 0.3) is 0 Å². The third-order valence-electron chi connectivity index (χ3n) is 2.75. The predicted molar refractivity (Wildman–Crippen MR) is 62.6 cm³/mol. The Balaban J connectivity index is 3.06. The zero-order chi connectivity index (χ0) is 14.0. The molecule has 0 bridgehead atoms. The second-order valence-electron chi connectivity index (χ2n) is 4.40. The zero-order valence-electron chi connectivity index (χ0n) is 10.6. The third kappa shape index (κ3) is 2.96. The molecule has 2 nitrogen and oxygen atoms in total. The number of benzene rings is 1. The molecular weight excluding hydrogens is 245 g/mol. The van der Waals surface area contributed by atoms with Gasteiger partial charge in [0.1, 0.15) is 5.75 Å². The molecule has 1 atom stereocenters. The van der Waals surface area contributed by atoms with Crippen molar-refractivity contribution in [3.05, 3.63) is 29.3 Å². The van der Waals surface area contributed by atoms with Crippen molar-refractivity contribution in [2.45, 2.75) is 39.0 Å². The molecule has 0 radical (unpaired) electrons. The van der Waals surface area contributed by atoms with Crippen LogP contribution in [0.25, 0.3) is 0 Å². The molecule has 0 saturated carbocycles. The van der Waals surface area contributed by atoms with Crippen molar-refractivity contribution in [2.75, 3.05) is 6.61 Å². The van der Waals surface area contributed by atoms with E-state index in [1.807, 2.05) is 6.92 Å². The summed E-state index contributed by atoms with van der Waals surface area (Å²) in [5.74, 6) is 0.510. The molecule has 18 heavy (non-hydrogen) atoms. The highest BCUT2D eigenvalue weighted by Gasteiger charge is 2.51. The summed E-state index contributed by atoms with van der Waals surface area (Å²) in [4.78, 5) is 0. The summed E-state index contributed by atoms with van der Waals surface area (Å²) in [5.41, 5.74) is -2.65. The van der Waals surface area contributed by atoms with E-state index in [0.717, 1.165) is 13.3 Å². The average Bonchev–Trinajstić information content (AvgIpc) is 2.24. The maximum atomic E-state index is 12.7. The molecule has 0 fully saturated rings. The molecule has 1 unspecified atom stereocenters. The van der Waals surface area contributed by atoms with Crippen molar-refractivity contribution in [1.82, 2.24) is 0 Å². The summed E-state index contributed by atoms with van der Waals surface area (Å²) in [5, 5.41) is 9.60. The van der Waals surface area contributed by atoms with Crippen molar-refractivity contribution in [1.29, 1.82) is 0 Å². The molecule has 1 N–H and O–H groups in total. The molecule has 0 saturated heterocycles. The molecule has 5 heteroatoms. The molecule has 1 rings (SSSR count). The van der Waals surface area contributed by atoms with Gasteiger partial charge in [-0.3, -0.25) is 0 Å². The van der Waals surface area contributed by atoms with E-state index in [2.05, 4.69) is 0 Å². The summed E-state index contributed by atoms with van der Waals surface area (Å²) in [7, 11) is 0. The Morgan fingerprint density at radius 1 is 1.28 bits per heavy atom. The van der Waals surface area contributed by atoms with E-state index >= 15 is 0 Å². The average molecular weight is 262 g/mol. The van der Waals surface area contributed by atoms with Crippen LogP contribution in [0.4, 0.5) is 13.2 Å². The predicted octanol–water partition coefficient (Wildman–Crippen LogP) is 3.55. The van der Waals surface area contributed by atoms with Crippen LogP contribution >= 0.6 is 0 Å². The van der Waals surface area contributed by atoms with Crippen LogP contribution in [-0.4, -0.2) is 17.9 Å². The number of aliphatic hydroxyl groups is 1. The van der Waals surface area contributed by atoms with Gasteiger partial charge in [-0.15, -0.1) is 0 Å². The van der Waals surface area contributed by atoms with Crippen LogP contribution in [-0.2, 0) is 5.60 Å². The van der Waals surface area contributed by atoms with Crippen molar-refractivity contribution in [2.24, 2.45) is 0 Å². The Labute approximate surface area is 104 Å². The number of rotatable bonds is 4. The van der Waals surface area contributed by atoms with Crippen molar-refractivity contribution < 1.29 is 23.0 Å². The maximum absolute atomic E-state index is 12.7. The van der Waals surface area contributed by atoms with Gasteiger partial charge in [0.05, 0.1) is 6.61 Å². The van der Waals surface area contributed by atoms with Crippen LogP contribution in [0.15, 0.2) is 18.2 Å². The fourth-order valence-corrected chi connectivity index (χ4v) is 1.64. The van der Waals surface area contributed by atoms with Crippen LogP contribution < -0.4 is 4.74 Å². The molecule has 0 aliphatic heterocycles. The van der Waals surface area contributed by atoms with Crippen LogP contribution in [0.3, 0.4) is 0 Å². The Bertz CT molecular complexity index is 411. The highest BCUT2D eigenvalue weighted by Crippen LogP contribution is 2.40. The first-order chi connectivity index (χ1) is 8.20. The molecule has 0 amide bonds. The number of hydrogen-bond acceptors (Lipinski definition) is 2. The number of hydrogen-bond donors (Lipinski definition) is 1. The van der Waals surface area contributed by atoms with E-state index in [-0.39, 0.29) is 5.56 Å². The van der Waals surface area contributed by atoms with Gasteiger partial charge in [-0.05, 0) is 43.5 Å². The van der Waals surface area contributed by atoms with E-state index in [1.165, 1.54) is 25.1 Å². The van der Waals surface area contributed by atoms with Gasteiger partial charge in [-0.1, -0.05) is 13.0 Å². The number of ether oxygens (including phenoxy) is 1. The quantitative estimate of drug-likeness (QED) is 0.899. The first kappa shape index (κ1) is 14.8. The van der Waals surface area contributed by atoms with Gasteiger partial charge in [-0.25, -0.2) is 0 Å². The first-order valence-electron chi connectivity index (χ1n) is 5.73. The minimum absolute atomic E-state index is 0.154. The minimum atomic E-state index is -4.70. The lowest BCUT2D eigenvalue weighted by molar-refractivity contribution is -0.259. The van der Waals surface area contributed by atoms with Crippen LogP contribution in [0.5, 0.6) is 5.75 Å². The maximum Gasteiger partial charge on any atom is 0.421 e. The van der Waals surface area contributed by atoms with E-state index in [4.69, 9.17) is 4.74 Å². The fraction of sp³-hybridized carbons (Fsp3) is 0.538. The molecule has 0 heterocycles. The van der Waals surface area contributed by atoms with E-state index in [1.54, 1.807) is 0 Å². The Hall–Kier alpha value is -1.23. The second kappa shape index (κ2) is 5.18. The van der Waals surface area contributed by atoms with Crippen LogP contribution in [0.1, 0.15) is 31.4 Å². The fourth-order valence-electron chi connectivity index (χ4n) is 1.64. The smallest absolute Gasteiger partial charge is 0.421 e. The van der Waals surface area contributed by atoms with Gasteiger partial charge in [0, 0.05) is 0 Å². The zero-order valence-corrected chi connectivity index (χ0v) is 10.6. The lowest BCUT2D eigenvalue weighted by Crippen LogP contribution is -2.39.